The number of aromatic nitrogens is 1. The largest absolute Gasteiger partial charge is 0.573 e. The molecule has 0 saturated carbocycles. The Morgan fingerprint density at radius 3 is 2.38 bits per heavy atom. The summed E-state index contributed by atoms with van der Waals surface area (Å²) in [6, 6.07) is 17.2. The van der Waals surface area contributed by atoms with E-state index in [4.69, 9.17) is 9.47 Å². The van der Waals surface area contributed by atoms with Gasteiger partial charge >= 0.3 is 6.36 Å². The maximum Gasteiger partial charge on any atom is 0.573 e. The lowest BCUT2D eigenvalue weighted by atomic mass is 10.1. The number of hydrogen-bond donors (Lipinski definition) is 0. The highest BCUT2D eigenvalue weighted by atomic mass is 19.4. The lowest BCUT2D eigenvalue weighted by molar-refractivity contribution is -0.510. The summed E-state index contributed by atoms with van der Waals surface area (Å²) in [7, 11) is 1.63. The number of fused-ring (bicyclic) bond motifs is 2. The first-order valence-corrected chi connectivity index (χ1v) is 8.80. The van der Waals surface area contributed by atoms with E-state index in [1.165, 1.54) is 24.3 Å². The Morgan fingerprint density at radius 1 is 0.897 bits per heavy atom. The van der Waals surface area contributed by atoms with E-state index in [0.29, 0.717) is 5.75 Å². The summed E-state index contributed by atoms with van der Waals surface area (Å²) in [5.41, 5.74) is 1.66. The van der Waals surface area contributed by atoms with Gasteiger partial charge < -0.3 is 14.2 Å². The first-order valence-electron chi connectivity index (χ1n) is 8.80. The Hall–Kier alpha value is -3.48. The van der Waals surface area contributed by atoms with Crippen molar-refractivity contribution < 1.29 is 31.8 Å². The maximum absolute atomic E-state index is 12.2. The second kappa shape index (κ2) is 7.50. The molecular weight excluding hydrogens is 383 g/mol. The van der Waals surface area contributed by atoms with E-state index in [0.717, 1.165) is 27.6 Å². The Morgan fingerprint density at radius 2 is 1.66 bits per heavy atom. The Balaban J connectivity index is 1.53. The molecule has 0 aliphatic rings. The predicted molar refractivity (Wildman–Crippen MR) is 101 cm³/mol. The van der Waals surface area contributed by atoms with Crippen LogP contribution in [0.4, 0.5) is 13.2 Å². The minimum Gasteiger partial charge on any atom is -0.490 e. The summed E-state index contributed by atoms with van der Waals surface area (Å²) in [6.45, 7) is 0.226. The van der Waals surface area contributed by atoms with E-state index in [1.54, 1.807) is 7.11 Å². The molecule has 29 heavy (non-hydrogen) atoms. The van der Waals surface area contributed by atoms with E-state index in [-0.39, 0.29) is 12.4 Å². The molecule has 0 amide bonds. The number of ether oxygens (including phenoxy) is 3. The van der Waals surface area contributed by atoms with Gasteiger partial charge in [0.2, 0.25) is 0 Å². The number of benzene rings is 2. The van der Waals surface area contributed by atoms with Crippen LogP contribution < -0.4 is 18.6 Å². The van der Waals surface area contributed by atoms with Gasteiger partial charge in [0, 0.05) is 17.5 Å². The van der Waals surface area contributed by atoms with Crippen LogP contribution >= 0.6 is 0 Å². The molecule has 0 N–H and O–H groups in total. The van der Waals surface area contributed by atoms with Gasteiger partial charge in [-0.3, -0.25) is 0 Å². The van der Waals surface area contributed by atoms with Crippen molar-refractivity contribution in [2.24, 2.45) is 0 Å². The molecule has 0 saturated heterocycles. The molecule has 0 aliphatic heterocycles. The maximum atomic E-state index is 12.2. The monoisotopic (exact) mass is 400 g/mol. The molecular formula is C22H17F3NO3+. The fourth-order valence-electron chi connectivity index (χ4n) is 3.08. The highest BCUT2D eigenvalue weighted by Gasteiger charge is 2.30. The quantitative estimate of drug-likeness (QED) is 0.347. The third-order valence-corrected chi connectivity index (χ3v) is 4.44. The van der Waals surface area contributed by atoms with E-state index >= 15 is 0 Å². The van der Waals surface area contributed by atoms with Crippen molar-refractivity contribution in [2.45, 2.75) is 13.0 Å². The van der Waals surface area contributed by atoms with Crippen molar-refractivity contribution in [3.63, 3.8) is 0 Å². The van der Waals surface area contributed by atoms with Crippen molar-refractivity contribution in [3.8, 4) is 17.2 Å². The zero-order valence-corrected chi connectivity index (χ0v) is 15.4. The number of nitrogens with zero attached hydrogens (tertiary/aromatic N) is 1. The van der Waals surface area contributed by atoms with Gasteiger partial charge in [-0.1, -0.05) is 12.1 Å². The number of alkyl halides is 3. The average Bonchev–Trinajstić information content (AvgIpc) is 2.70. The number of rotatable bonds is 5. The summed E-state index contributed by atoms with van der Waals surface area (Å²) in [6.07, 6.45) is -0.738. The topological polar surface area (TPSA) is 31.8 Å². The predicted octanol–water partition coefficient (Wildman–Crippen LogP) is 5.06. The second-order valence-corrected chi connectivity index (χ2v) is 6.41. The minimum absolute atomic E-state index is 0.226. The molecule has 0 atom stereocenters. The summed E-state index contributed by atoms with van der Waals surface area (Å²) in [5, 5.41) is 2.03. The number of hydrogen-bond acceptors (Lipinski definition) is 3. The molecule has 4 aromatic rings. The van der Waals surface area contributed by atoms with Crippen molar-refractivity contribution in [3.05, 3.63) is 78.6 Å². The lowest BCUT2D eigenvalue weighted by Gasteiger charge is -2.10. The van der Waals surface area contributed by atoms with Crippen LogP contribution in [0.3, 0.4) is 0 Å². The average molecular weight is 400 g/mol. The molecule has 4 rings (SSSR count). The molecule has 2 heterocycles. The summed E-state index contributed by atoms with van der Waals surface area (Å²) in [4.78, 5) is 0. The van der Waals surface area contributed by atoms with E-state index in [2.05, 4.69) is 4.74 Å². The molecule has 0 fully saturated rings. The number of pyridine rings is 2. The molecule has 2 aromatic heterocycles. The van der Waals surface area contributed by atoms with Crippen molar-refractivity contribution in [1.29, 1.82) is 0 Å². The molecule has 148 valence electrons. The molecule has 0 aliphatic carbocycles. The van der Waals surface area contributed by atoms with Crippen LogP contribution in [0, 0.1) is 0 Å². The standard InChI is InChI=1S/C22H17F3NO3/c1-27-21-3-2-10-26-13-16-6-9-19(11-17(16)12-20(21)26)28-14-15-4-7-18(8-5-15)29-22(23,24)25/h2-13H,14H2,1H3/q+1. The SMILES string of the molecule is COc1ccc[n+]2cc3ccc(OCc4ccc(OC(F)(F)F)cc4)cc3cc12. The van der Waals surface area contributed by atoms with Gasteiger partial charge in [-0.25, -0.2) is 0 Å². The number of halogens is 3. The highest BCUT2D eigenvalue weighted by Crippen LogP contribution is 2.26. The Bertz CT molecular complexity index is 1160. The van der Waals surface area contributed by atoms with Crippen molar-refractivity contribution >= 4 is 16.3 Å². The molecule has 0 spiro atoms. The zero-order chi connectivity index (χ0) is 20.4. The Labute approximate surface area is 164 Å². The van der Waals surface area contributed by atoms with Crippen LogP contribution in [0.25, 0.3) is 16.3 Å². The molecule has 0 unspecified atom stereocenters. The second-order valence-electron chi connectivity index (χ2n) is 6.41. The van der Waals surface area contributed by atoms with E-state index < -0.39 is 6.36 Å². The fourth-order valence-corrected chi connectivity index (χ4v) is 3.08. The number of methoxy groups -OCH3 is 1. The van der Waals surface area contributed by atoms with Gasteiger partial charge in [0.25, 0.3) is 5.52 Å². The van der Waals surface area contributed by atoms with Crippen molar-refractivity contribution in [1.82, 2.24) is 0 Å². The van der Waals surface area contributed by atoms with Gasteiger partial charge in [-0.15, -0.1) is 13.2 Å². The van der Waals surface area contributed by atoms with Crippen LogP contribution in [0.1, 0.15) is 5.56 Å². The van der Waals surface area contributed by atoms with Gasteiger partial charge in [0.1, 0.15) is 18.1 Å². The molecule has 4 nitrogen and oxygen atoms in total. The van der Waals surface area contributed by atoms with Crippen LogP contribution in [0.2, 0.25) is 0 Å². The smallest absolute Gasteiger partial charge is 0.490 e. The van der Waals surface area contributed by atoms with Crippen LogP contribution in [0.5, 0.6) is 17.2 Å². The van der Waals surface area contributed by atoms with E-state index in [9.17, 15) is 13.2 Å². The van der Waals surface area contributed by atoms with Gasteiger partial charge in [0.15, 0.2) is 18.1 Å². The van der Waals surface area contributed by atoms with Gasteiger partial charge in [-0.2, -0.15) is 4.40 Å². The van der Waals surface area contributed by atoms with Crippen molar-refractivity contribution in [2.75, 3.05) is 7.11 Å². The zero-order valence-electron chi connectivity index (χ0n) is 15.4. The highest BCUT2D eigenvalue weighted by molar-refractivity contribution is 5.86. The van der Waals surface area contributed by atoms with Gasteiger partial charge in [-0.05, 0) is 47.3 Å². The fraction of sp³-hybridized carbons (Fsp3) is 0.136. The molecule has 2 aromatic carbocycles. The normalized spacial score (nSPS) is 11.6. The Kier molecular flexibility index (Phi) is 4.88. The molecule has 7 heteroatoms. The lowest BCUT2D eigenvalue weighted by Crippen LogP contribution is -2.20. The summed E-state index contributed by atoms with van der Waals surface area (Å²) < 4.78 is 53.8. The first-order chi connectivity index (χ1) is 13.9. The van der Waals surface area contributed by atoms with Crippen LogP contribution in [-0.2, 0) is 6.61 Å². The summed E-state index contributed by atoms with van der Waals surface area (Å²) in [5.74, 6) is 1.17. The summed E-state index contributed by atoms with van der Waals surface area (Å²) >= 11 is 0. The van der Waals surface area contributed by atoms with Gasteiger partial charge in [0.05, 0.1) is 7.11 Å². The van der Waals surface area contributed by atoms with Crippen LogP contribution in [-0.4, -0.2) is 13.5 Å². The third-order valence-electron chi connectivity index (χ3n) is 4.44. The van der Waals surface area contributed by atoms with Crippen LogP contribution in [0.15, 0.2) is 73.1 Å². The first kappa shape index (κ1) is 18.9. The third kappa shape index (κ3) is 4.34. The minimum atomic E-state index is -4.70. The van der Waals surface area contributed by atoms with E-state index in [1.807, 2.05) is 53.2 Å². The molecule has 0 bridgehead atoms. The molecule has 0 radical (unpaired) electrons.